The zero-order chi connectivity index (χ0) is 21.5. The molecule has 0 spiro atoms. The number of thioether (sulfide) groups is 1. The van der Waals surface area contributed by atoms with Crippen molar-refractivity contribution in [1.82, 2.24) is 19.9 Å². The number of hydrogen-bond donors (Lipinski definition) is 2. The zero-order valence-electron chi connectivity index (χ0n) is 16.8. The summed E-state index contributed by atoms with van der Waals surface area (Å²) >= 11 is 8.34. The highest BCUT2D eigenvalue weighted by atomic mass is 35.5. The number of benzene rings is 1. The summed E-state index contributed by atoms with van der Waals surface area (Å²) in [4.78, 5) is 18.0. The van der Waals surface area contributed by atoms with Crippen molar-refractivity contribution >= 4 is 34.9 Å². The second-order valence-corrected chi connectivity index (χ2v) is 9.42. The van der Waals surface area contributed by atoms with Gasteiger partial charge in [-0.05, 0) is 30.3 Å². The average Bonchev–Trinajstić information content (AvgIpc) is 3.12. The van der Waals surface area contributed by atoms with Gasteiger partial charge in [-0.1, -0.05) is 25.4 Å². The van der Waals surface area contributed by atoms with E-state index in [0.717, 1.165) is 33.1 Å². The maximum absolute atomic E-state index is 9.84. The van der Waals surface area contributed by atoms with Gasteiger partial charge in [0.2, 0.25) is 0 Å². The van der Waals surface area contributed by atoms with Gasteiger partial charge in [0, 0.05) is 33.7 Å². The molecule has 1 aliphatic heterocycles. The number of fused-ring (bicyclic) bond motifs is 5. The number of halogens is 1. The minimum Gasteiger partial charge on any atom is -0.338 e. The zero-order valence-corrected chi connectivity index (χ0v) is 18.3. The van der Waals surface area contributed by atoms with Gasteiger partial charge >= 0.3 is 0 Å². The molecule has 6 nitrogen and oxygen atoms in total. The van der Waals surface area contributed by atoms with E-state index in [1.165, 1.54) is 0 Å². The molecule has 0 saturated carbocycles. The lowest BCUT2D eigenvalue weighted by Crippen LogP contribution is -1.96. The maximum atomic E-state index is 9.84. The number of anilines is 2. The molecule has 0 radical (unpaired) electrons. The third-order valence-electron chi connectivity index (χ3n) is 4.90. The number of nitriles is 1. The van der Waals surface area contributed by atoms with Crippen molar-refractivity contribution in [1.29, 1.82) is 5.26 Å². The molecular weight excluding hydrogens is 428 g/mol. The smallest absolute Gasteiger partial charge is 0.141 e. The molecule has 0 unspecified atom stereocenters. The third kappa shape index (κ3) is 3.44. The second-order valence-electron chi connectivity index (χ2n) is 7.36. The Kier molecular flexibility index (Phi) is 4.89. The van der Waals surface area contributed by atoms with Gasteiger partial charge in [-0.3, -0.25) is 4.98 Å². The number of aromatic nitrogens is 4. The first-order chi connectivity index (χ1) is 15.0. The molecule has 0 amide bonds. The van der Waals surface area contributed by atoms with Gasteiger partial charge in [-0.2, -0.15) is 5.26 Å². The Morgan fingerprint density at radius 3 is 2.84 bits per heavy atom. The SMILES string of the molecule is CC(C)Sc1cc(Cl)c(-c2nc3c([nH]2)-c2ccncc2Nc2ncccc2-3)c(C#N)c1. The molecule has 3 aromatic heterocycles. The molecule has 1 aromatic carbocycles. The minimum atomic E-state index is 0.384. The van der Waals surface area contributed by atoms with Crippen LogP contribution in [0.15, 0.2) is 53.8 Å². The van der Waals surface area contributed by atoms with Crippen molar-refractivity contribution in [2.45, 2.75) is 24.0 Å². The van der Waals surface area contributed by atoms with Crippen LogP contribution in [0.5, 0.6) is 0 Å². The highest BCUT2D eigenvalue weighted by molar-refractivity contribution is 7.99. The van der Waals surface area contributed by atoms with Crippen LogP contribution in [-0.4, -0.2) is 25.2 Å². The molecule has 4 heterocycles. The van der Waals surface area contributed by atoms with E-state index in [4.69, 9.17) is 16.6 Å². The minimum absolute atomic E-state index is 0.384. The Labute approximate surface area is 188 Å². The lowest BCUT2D eigenvalue weighted by molar-refractivity contribution is 1.11. The van der Waals surface area contributed by atoms with Crippen molar-refractivity contribution in [2.24, 2.45) is 0 Å². The summed E-state index contributed by atoms with van der Waals surface area (Å²) in [7, 11) is 0. The van der Waals surface area contributed by atoms with E-state index in [-0.39, 0.29) is 0 Å². The van der Waals surface area contributed by atoms with E-state index in [1.54, 1.807) is 30.4 Å². The number of nitrogens with zero attached hydrogens (tertiary/aromatic N) is 4. The van der Waals surface area contributed by atoms with E-state index >= 15 is 0 Å². The summed E-state index contributed by atoms with van der Waals surface area (Å²) < 4.78 is 0. The normalized spacial score (nSPS) is 11.7. The molecule has 4 aromatic rings. The summed E-state index contributed by atoms with van der Waals surface area (Å²) in [5, 5.41) is 14.1. The quantitative estimate of drug-likeness (QED) is 0.318. The number of aromatic amines is 1. The lowest BCUT2D eigenvalue weighted by atomic mass is 10.1. The fraction of sp³-hybridized carbons (Fsp3) is 0.130. The molecule has 0 atom stereocenters. The van der Waals surface area contributed by atoms with Crippen molar-refractivity contribution < 1.29 is 0 Å². The molecule has 0 fully saturated rings. The molecule has 0 saturated heterocycles. The lowest BCUT2D eigenvalue weighted by Gasteiger charge is -2.10. The first-order valence-corrected chi connectivity index (χ1v) is 11.0. The van der Waals surface area contributed by atoms with E-state index in [1.807, 2.05) is 30.3 Å². The fourth-order valence-electron chi connectivity index (χ4n) is 3.67. The van der Waals surface area contributed by atoms with Crippen LogP contribution in [0.4, 0.5) is 11.5 Å². The number of hydrogen-bond acceptors (Lipinski definition) is 6. The van der Waals surface area contributed by atoms with E-state index in [0.29, 0.717) is 33.0 Å². The molecule has 0 aliphatic carbocycles. The largest absolute Gasteiger partial charge is 0.338 e. The highest BCUT2D eigenvalue weighted by Crippen LogP contribution is 2.44. The fourth-order valence-corrected chi connectivity index (χ4v) is 4.96. The number of imidazole rings is 1. The first kappa shape index (κ1) is 19.6. The predicted octanol–water partition coefficient (Wildman–Crippen LogP) is 6.28. The second kappa shape index (κ2) is 7.73. The number of H-pyrrole nitrogens is 1. The topological polar surface area (TPSA) is 90.3 Å². The number of nitrogens with one attached hydrogen (secondary N) is 2. The molecule has 0 bridgehead atoms. The standard InChI is InChI=1S/C23H17ClN6S/c1-12(2)31-14-8-13(10-25)19(17(24)9-14)23-29-20-15-5-7-26-11-18(15)28-22-16(21(20)30-23)4-3-6-27-22/h3-9,11-12H,1-2H3,(H,27,28)(H,29,30). The van der Waals surface area contributed by atoms with Crippen LogP contribution in [0, 0.1) is 11.3 Å². The van der Waals surface area contributed by atoms with Gasteiger partial charge < -0.3 is 10.3 Å². The van der Waals surface area contributed by atoms with Gasteiger partial charge in [0.25, 0.3) is 0 Å². The summed E-state index contributed by atoms with van der Waals surface area (Å²) in [5.41, 5.74) is 5.26. The summed E-state index contributed by atoms with van der Waals surface area (Å²) in [6.07, 6.45) is 5.23. The van der Waals surface area contributed by atoms with Crippen LogP contribution >= 0.6 is 23.4 Å². The monoisotopic (exact) mass is 444 g/mol. The number of rotatable bonds is 3. The van der Waals surface area contributed by atoms with Crippen LogP contribution in [-0.2, 0) is 0 Å². The summed E-state index contributed by atoms with van der Waals surface area (Å²) in [6, 6.07) is 11.8. The Morgan fingerprint density at radius 1 is 1.16 bits per heavy atom. The molecule has 31 heavy (non-hydrogen) atoms. The Morgan fingerprint density at radius 2 is 2.03 bits per heavy atom. The molecule has 8 heteroatoms. The van der Waals surface area contributed by atoms with Crippen LogP contribution in [0.3, 0.4) is 0 Å². The summed E-state index contributed by atoms with van der Waals surface area (Å²) in [6.45, 7) is 4.21. The molecular formula is C23H17ClN6S. The maximum Gasteiger partial charge on any atom is 0.141 e. The van der Waals surface area contributed by atoms with Gasteiger partial charge in [0.05, 0.1) is 39.8 Å². The number of pyridine rings is 2. The Balaban J connectivity index is 1.74. The average molecular weight is 445 g/mol. The van der Waals surface area contributed by atoms with Gasteiger partial charge in [-0.25, -0.2) is 9.97 Å². The Hall–Kier alpha value is -3.34. The van der Waals surface area contributed by atoms with Crippen molar-refractivity contribution in [3.8, 4) is 40.0 Å². The molecule has 1 aliphatic rings. The molecule has 152 valence electrons. The van der Waals surface area contributed by atoms with Crippen LogP contribution in [0.2, 0.25) is 5.02 Å². The first-order valence-electron chi connectivity index (χ1n) is 9.72. The van der Waals surface area contributed by atoms with Crippen LogP contribution in [0.25, 0.3) is 33.9 Å². The van der Waals surface area contributed by atoms with E-state index in [2.05, 4.69) is 40.2 Å². The van der Waals surface area contributed by atoms with E-state index in [9.17, 15) is 5.26 Å². The molecule has 5 rings (SSSR count). The predicted molar refractivity (Wildman–Crippen MR) is 124 cm³/mol. The van der Waals surface area contributed by atoms with Crippen molar-refractivity contribution in [2.75, 3.05) is 5.32 Å². The van der Waals surface area contributed by atoms with Gasteiger partial charge in [-0.15, -0.1) is 11.8 Å². The van der Waals surface area contributed by atoms with Crippen LogP contribution < -0.4 is 5.32 Å². The molecule has 2 N–H and O–H groups in total. The third-order valence-corrected chi connectivity index (χ3v) is 6.18. The van der Waals surface area contributed by atoms with Crippen molar-refractivity contribution in [3.63, 3.8) is 0 Å². The van der Waals surface area contributed by atoms with Gasteiger partial charge in [0.1, 0.15) is 17.3 Å². The van der Waals surface area contributed by atoms with Gasteiger partial charge in [0.15, 0.2) is 0 Å². The van der Waals surface area contributed by atoms with E-state index < -0.39 is 0 Å². The van der Waals surface area contributed by atoms with Crippen LogP contribution in [0.1, 0.15) is 19.4 Å². The highest BCUT2D eigenvalue weighted by Gasteiger charge is 2.25. The Bertz CT molecular complexity index is 1290. The van der Waals surface area contributed by atoms with Crippen molar-refractivity contribution in [3.05, 3.63) is 59.5 Å². The summed E-state index contributed by atoms with van der Waals surface area (Å²) in [5.74, 6) is 1.25.